The highest BCUT2D eigenvalue weighted by atomic mass is 16.3. The number of pyridine rings is 1. The number of carbonyl (C=O) groups is 3. The number of benzene rings is 1. The molecule has 0 spiro atoms. The number of amides is 2. The Labute approximate surface area is 169 Å². The van der Waals surface area contributed by atoms with Crippen molar-refractivity contribution in [2.45, 2.75) is 33.7 Å². The first-order chi connectivity index (χ1) is 13.6. The number of Topliss-reactive ketones (excluding diaryl/α,β-unsaturated/α-hetero) is 1. The van der Waals surface area contributed by atoms with E-state index in [2.05, 4.69) is 10.3 Å². The molecule has 0 radical (unpaired) electrons. The molecule has 0 fully saturated rings. The lowest BCUT2D eigenvalue weighted by atomic mass is 9.83. The van der Waals surface area contributed by atoms with E-state index >= 15 is 0 Å². The Bertz CT molecular complexity index is 989. The van der Waals surface area contributed by atoms with Crippen molar-refractivity contribution in [3.05, 3.63) is 65.7 Å². The lowest BCUT2D eigenvalue weighted by Gasteiger charge is -2.28. The summed E-state index contributed by atoms with van der Waals surface area (Å²) in [5, 5.41) is 13.3. The van der Waals surface area contributed by atoms with Gasteiger partial charge in [0, 0.05) is 29.9 Å². The molecule has 150 valence electrons. The molecule has 3 rings (SSSR count). The van der Waals surface area contributed by atoms with E-state index in [1.807, 2.05) is 0 Å². The summed E-state index contributed by atoms with van der Waals surface area (Å²) in [5.74, 6) is -1.76. The maximum atomic E-state index is 13.1. The topological polar surface area (TPSA) is 99.6 Å². The van der Waals surface area contributed by atoms with Crippen LogP contribution in [0.3, 0.4) is 0 Å². The molecule has 1 aliphatic heterocycles. The van der Waals surface area contributed by atoms with E-state index in [4.69, 9.17) is 0 Å². The number of rotatable bonds is 4. The molecule has 2 heterocycles. The largest absolute Gasteiger partial charge is 0.503 e. The van der Waals surface area contributed by atoms with Gasteiger partial charge in [-0.05, 0) is 36.4 Å². The van der Waals surface area contributed by atoms with Gasteiger partial charge in [0.1, 0.15) is 6.04 Å². The average Bonchev–Trinajstić information content (AvgIpc) is 2.92. The van der Waals surface area contributed by atoms with Crippen LogP contribution in [0.2, 0.25) is 0 Å². The summed E-state index contributed by atoms with van der Waals surface area (Å²) >= 11 is 0. The molecule has 1 unspecified atom stereocenters. The fourth-order valence-corrected chi connectivity index (χ4v) is 3.23. The van der Waals surface area contributed by atoms with Crippen LogP contribution < -0.4 is 10.2 Å². The van der Waals surface area contributed by atoms with Gasteiger partial charge >= 0.3 is 0 Å². The molecule has 7 nitrogen and oxygen atoms in total. The van der Waals surface area contributed by atoms with Gasteiger partial charge in [-0.15, -0.1) is 0 Å². The zero-order valence-electron chi connectivity index (χ0n) is 16.8. The van der Waals surface area contributed by atoms with E-state index < -0.39 is 23.1 Å². The molecule has 0 aliphatic carbocycles. The molecule has 7 heteroatoms. The second-order valence-electron chi connectivity index (χ2n) is 7.90. The summed E-state index contributed by atoms with van der Waals surface area (Å²) in [6.07, 6.45) is 1.58. The van der Waals surface area contributed by atoms with Crippen LogP contribution in [0, 0.1) is 5.41 Å². The van der Waals surface area contributed by atoms with Crippen molar-refractivity contribution in [2.75, 3.05) is 10.2 Å². The minimum Gasteiger partial charge on any atom is -0.503 e. The van der Waals surface area contributed by atoms with Gasteiger partial charge in [0.15, 0.2) is 11.5 Å². The first kappa shape index (κ1) is 20.3. The van der Waals surface area contributed by atoms with Crippen molar-refractivity contribution in [1.82, 2.24) is 4.98 Å². The molecule has 0 bridgehead atoms. The molecular formula is C22H23N3O4. The van der Waals surface area contributed by atoms with Crippen molar-refractivity contribution >= 4 is 29.0 Å². The summed E-state index contributed by atoms with van der Waals surface area (Å²) in [7, 11) is 0. The number of carbonyl (C=O) groups excluding carboxylic acids is 3. The van der Waals surface area contributed by atoms with Crippen molar-refractivity contribution in [2.24, 2.45) is 5.41 Å². The van der Waals surface area contributed by atoms with Gasteiger partial charge in [-0.2, -0.15) is 0 Å². The third-order valence-electron chi connectivity index (χ3n) is 4.57. The fraction of sp³-hybridized carbons (Fsp3) is 0.273. The molecule has 2 N–H and O–H groups in total. The Morgan fingerprint density at radius 3 is 2.28 bits per heavy atom. The Hall–Kier alpha value is -3.48. The Morgan fingerprint density at radius 1 is 1.10 bits per heavy atom. The number of nitrogens with zero attached hydrogens (tertiary/aromatic N) is 2. The summed E-state index contributed by atoms with van der Waals surface area (Å²) < 4.78 is 0. The zero-order chi connectivity index (χ0) is 21.3. The Balaban J connectivity index is 2.10. The highest BCUT2D eigenvalue weighted by Crippen LogP contribution is 2.42. The molecule has 1 atom stereocenters. The molecule has 0 saturated heterocycles. The number of nitrogens with one attached hydrogen (secondary N) is 1. The fourth-order valence-electron chi connectivity index (χ4n) is 3.23. The number of aliphatic hydroxyl groups is 1. The monoisotopic (exact) mass is 393 g/mol. The summed E-state index contributed by atoms with van der Waals surface area (Å²) in [5.41, 5.74) is 0.770. The van der Waals surface area contributed by atoms with E-state index in [9.17, 15) is 19.5 Å². The van der Waals surface area contributed by atoms with Crippen molar-refractivity contribution < 1.29 is 19.5 Å². The maximum Gasteiger partial charge on any atom is 0.294 e. The summed E-state index contributed by atoms with van der Waals surface area (Å²) in [6, 6.07) is 11.0. The van der Waals surface area contributed by atoms with E-state index in [0.29, 0.717) is 17.1 Å². The molecule has 0 saturated carbocycles. The highest BCUT2D eigenvalue weighted by Gasteiger charge is 2.47. The normalized spacial score (nSPS) is 16.9. The lowest BCUT2D eigenvalue weighted by molar-refractivity contribution is -0.123. The van der Waals surface area contributed by atoms with Crippen molar-refractivity contribution in [3.63, 3.8) is 0 Å². The number of hydrogen-bond acceptors (Lipinski definition) is 5. The molecular weight excluding hydrogens is 370 g/mol. The summed E-state index contributed by atoms with van der Waals surface area (Å²) in [4.78, 5) is 43.0. The van der Waals surface area contributed by atoms with Crippen molar-refractivity contribution in [3.8, 4) is 0 Å². The summed E-state index contributed by atoms with van der Waals surface area (Å²) in [6.45, 7) is 6.61. The molecule has 29 heavy (non-hydrogen) atoms. The number of anilines is 2. The minimum atomic E-state index is -0.845. The van der Waals surface area contributed by atoms with Gasteiger partial charge in [0.2, 0.25) is 5.91 Å². The molecule has 2 aromatic rings. The van der Waals surface area contributed by atoms with Crippen molar-refractivity contribution in [1.29, 1.82) is 0 Å². The van der Waals surface area contributed by atoms with Gasteiger partial charge in [-0.1, -0.05) is 26.8 Å². The zero-order valence-corrected chi connectivity index (χ0v) is 16.8. The van der Waals surface area contributed by atoms with E-state index in [-0.39, 0.29) is 17.3 Å². The van der Waals surface area contributed by atoms with E-state index in [0.717, 1.165) is 0 Å². The number of ketones is 1. The van der Waals surface area contributed by atoms with Gasteiger partial charge < -0.3 is 10.4 Å². The number of aromatic nitrogens is 1. The van der Waals surface area contributed by atoms with Gasteiger partial charge in [0.05, 0.1) is 11.3 Å². The minimum absolute atomic E-state index is 0.0344. The second kappa shape index (κ2) is 7.50. The SMILES string of the molecule is CC(=O)Nc1ccc(N2C(=O)C(O)=C(C(=O)C(C)(C)C)C2c2ccccn2)cc1. The van der Waals surface area contributed by atoms with Crippen LogP contribution in [0.4, 0.5) is 11.4 Å². The van der Waals surface area contributed by atoms with E-state index in [1.54, 1.807) is 69.4 Å². The van der Waals surface area contributed by atoms with E-state index in [1.165, 1.54) is 11.8 Å². The molecule has 1 aromatic heterocycles. The number of aliphatic hydroxyl groups excluding tert-OH is 1. The van der Waals surface area contributed by atoms with Crippen LogP contribution >= 0.6 is 0 Å². The predicted molar refractivity (Wildman–Crippen MR) is 109 cm³/mol. The maximum absolute atomic E-state index is 13.1. The Morgan fingerprint density at radius 2 is 1.76 bits per heavy atom. The Kier molecular flexibility index (Phi) is 5.24. The standard InChI is InChI=1S/C22H23N3O4/c1-13(26)24-14-8-10-15(11-9-14)25-18(16-7-5-6-12-23-16)17(19(27)21(25)29)20(28)22(2,3)4/h5-12,18,27H,1-4H3,(H,24,26). The average molecular weight is 393 g/mol. The van der Waals surface area contributed by atoms with Gasteiger partial charge in [0.25, 0.3) is 5.91 Å². The second-order valence-corrected chi connectivity index (χ2v) is 7.90. The molecule has 1 aromatic carbocycles. The quantitative estimate of drug-likeness (QED) is 0.827. The van der Waals surface area contributed by atoms with Gasteiger partial charge in [-0.3, -0.25) is 24.3 Å². The van der Waals surface area contributed by atoms with Crippen LogP contribution in [-0.2, 0) is 14.4 Å². The highest BCUT2D eigenvalue weighted by molar-refractivity contribution is 6.17. The van der Waals surface area contributed by atoms with Crippen LogP contribution in [0.1, 0.15) is 39.4 Å². The molecule has 1 aliphatic rings. The first-order valence-electron chi connectivity index (χ1n) is 9.21. The van der Waals surface area contributed by atoms with Crippen LogP contribution in [-0.4, -0.2) is 27.7 Å². The third kappa shape index (κ3) is 3.89. The van der Waals surface area contributed by atoms with Crippen LogP contribution in [0.25, 0.3) is 0 Å². The predicted octanol–water partition coefficient (Wildman–Crippen LogP) is 3.56. The smallest absolute Gasteiger partial charge is 0.294 e. The number of hydrogen-bond donors (Lipinski definition) is 2. The lowest BCUT2D eigenvalue weighted by Crippen LogP contribution is -2.33. The van der Waals surface area contributed by atoms with Crippen LogP contribution in [0.5, 0.6) is 0 Å². The first-order valence-corrected chi connectivity index (χ1v) is 9.21. The molecule has 2 amide bonds. The third-order valence-corrected chi connectivity index (χ3v) is 4.57. The van der Waals surface area contributed by atoms with Crippen LogP contribution in [0.15, 0.2) is 60.0 Å². The van der Waals surface area contributed by atoms with Gasteiger partial charge in [-0.25, -0.2) is 0 Å².